The van der Waals surface area contributed by atoms with Crippen LogP contribution in [0.15, 0.2) is 39.9 Å². The molecule has 0 radical (unpaired) electrons. The van der Waals surface area contributed by atoms with E-state index in [9.17, 15) is 0 Å². The van der Waals surface area contributed by atoms with Crippen LogP contribution < -0.4 is 5.48 Å². The number of nitrogens with zero attached hydrogens (tertiary/aromatic N) is 2. The topological polar surface area (TPSA) is 50.0 Å². The number of benzene rings is 1. The molecular formula is C16H17N3O2. The largest absolute Gasteiger partial charge is 0.464 e. The molecule has 0 amide bonds. The predicted molar refractivity (Wildman–Crippen MR) is 78.9 cm³/mol. The standard InChI is InChI=1S/C16H17N3O2/c1-2-14-11(5-8-20-14)9-12(1)15-17-16(21-18-15)10-19-6-3-13(16)4-7-19/h1-2,5,8-9,13H,3-4,6-7,10H2,(H,17,18)/t16-/m1/s1. The van der Waals surface area contributed by atoms with Gasteiger partial charge in [0.2, 0.25) is 5.72 Å². The van der Waals surface area contributed by atoms with Crippen molar-refractivity contribution in [3.63, 3.8) is 0 Å². The van der Waals surface area contributed by atoms with Gasteiger partial charge in [0, 0.05) is 16.9 Å². The lowest BCUT2D eigenvalue weighted by molar-refractivity contribution is -0.155. The van der Waals surface area contributed by atoms with Crippen LogP contribution in [-0.2, 0) is 4.84 Å². The third-order valence-electron chi connectivity index (χ3n) is 5.03. The van der Waals surface area contributed by atoms with Crippen LogP contribution in [0.1, 0.15) is 18.4 Å². The predicted octanol–water partition coefficient (Wildman–Crippen LogP) is 2.14. The van der Waals surface area contributed by atoms with Crippen molar-refractivity contribution in [1.29, 1.82) is 0 Å². The Morgan fingerprint density at radius 2 is 2.14 bits per heavy atom. The van der Waals surface area contributed by atoms with Crippen molar-refractivity contribution in [2.24, 2.45) is 10.9 Å². The Morgan fingerprint density at radius 1 is 1.24 bits per heavy atom. The monoisotopic (exact) mass is 283 g/mol. The SMILES string of the molecule is c1cc2cc(C3=N[C@]4(CN5CCC4CC5)ON3)ccc2o1. The molecule has 5 heteroatoms. The first kappa shape index (κ1) is 11.8. The third kappa shape index (κ3) is 1.68. The molecule has 1 aromatic heterocycles. The van der Waals surface area contributed by atoms with Crippen molar-refractivity contribution >= 4 is 16.8 Å². The maximum absolute atomic E-state index is 5.96. The highest BCUT2D eigenvalue weighted by molar-refractivity contribution is 6.01. The van der Waals surface area contributed by atoms with E-state index in [0.29, 0.717) is 5.92 Å². The summed E-state index contributed by atoms with van der Waals surface area (Å²) in [6.45, 7) is 3.27. The van der Waals surface area contributed by atoms with Gasteiger partial charge in [-0.2, -0.15) is 0 Å². The van der Waals surface area contributed by atoms with Gasteiger partial charge in [-0.15, -0.1) is 0 Å². The van der Waals surface area contributed by atoms with Gasteiger partial charge in [-0.3, -0.25) is 4.90 Å². The second-order valence-electron chi connectivity index (χ2n) is 6.23. The van der Waals surface area contributed by atoms with Gasteiger partial charge in [-0.1, -0.05) is 0 Å². The fourth-order valence-electron chi connectivity index (χ4n) is 3.84. The van der Waals surface area contributed by atoms with Gasteiger partial charge in [0.25, 0.3) is 0 Å². The van der Waals surface area contributed by atoms with E-state index in [1.807, 2.05) is 18.2 Å². The van der Waals surface area contributed by atoms with Gasteiger partial charge in [0.15, 0.2) is 5.84 Å². The van der Waals surface area contributed by atoms with Crippen molar-refractivity contribution in [2.45, 2.75) is 18.6 Å². The van der Waals surface area contributed by atoms with E-state index in [2.05, 4.69) is 16.4 Å². The van der Waals surface area contributed by atoms with Gasteiger partial charge in [-0.25, -0.2) is 15.3 Å². The first-order valence-corrected chi connectivity index (χ1v) is 7.56. The second-order valence-corrected chi connectivity index (χ2v) is 6.23. The molecule has 5 nitrogen and oxygen atoms in total. The molecule has 3 saturated heterocycles. The smallest absolute Gasteiger partial charge is 0.202 e. The Morgan fingerprint density at radius 3 is 2.95 bits per heavy atom. The number of hydrogen-bond acceptors (Lipinski definition) is 5. The minimum absolute atomic E-state index is 0.378. The Balaban J connectivity index is 1.53. The summed E-state index contributed by atoms with van der Waals surface area (Å²) in [6, 6.07) is 8.07. The van der Waals surface area contributed by atoms with Crippen LogP contribution in [-0.4, -0.2) is 36.1 Å². The molecule has 3 fully saturated rings. The van der Waals surface area contributed by atoms with Gasteiger partial charge in [-0.05, 0) is 50.2 Å². The number of piperidine rings is 3. The molecule has 0 unspecified atom stereocenters. The van der Waals surface area contributed by atoms with E-state index in [1.165, 1.54) is 25.9 Å². The van der Waals surface area contributed by atoms with Crippen LogP contribution >= 0.6 is 0 Å². The first-order chi connectivity index (χ1) is 10.3. The van der Waals surface area contributed by atoms with Crippen LogP contribution in [0.25, 0.3) is 11.0 Å². The van der Waals surface area contributed by atoms with Crippen molar-refractivity contribution in [3.05, 3.63) is 36.1 Å². The minimum Gasteiger partial charge on any atom is -0.464 e. The highest BCUT2D eigenvalue weighted by atomic mass is 16.7. The normalized spacial score (nSPS) is 34.4. The molecular weight excluding hydrogens is 266 g/mol. The van der Waals surface area contributed by atoms with Gasteiger partial charge in [0.05, 0.1) is 12.8 Å². The number of hydroxylamine groups is 1. The lowest BCUT2D eigenvalue weighted by Crippen LogP contribution is -2.58. The Kier molecular flexibility index (Phi) is 2.29. The number of nitrogens with one attached hydrogen (secondary N) is 1. The summed E-state index contributed by atoms with van der Waals surface area (Å²) in [6.07, 6.45) is 4.07. The van der Waals surface area contributed by atoms with E-state index in [-0.39, 0.29) is 5.72 Å². The van der Waals surface area contributed by atoms with Crippen LogP contribution in [0.2, 0.25) is 0 Å². The maximum Gasteiger partial charge on any atom is 0.202 e. The van der Waals surface area contributed by atoms with E-state index in [4.69, 9.17) is 14.2 Å². The van der Waals surface area contributed by atoms with E-state index in [0.717, 1.165) is 28.9 Å². The van der Waals surface area contributed by atoms with Crippen LogP contribution in [0.5, 0.6) is 0 Å². The zero-order valence-corrected chi connectivity index (χ0v) is 11.7. The highest BCUT2D eigenvalue weighted by Crippen LogP contribution is 2.41. The van der Waals surface area contributed by atoms with Crippen LogP contribution in [0, 0.1) is 5.92 Å². The fraction of sp³-hybridized carbons (Fsp3) is 0.438. The fourth-order valence-corrected chi connectivity index (χ4v) is 3.84. The van der Waals surface area contributed by atoms with Gasteiger partial charge >= 0.3 is 0 Å². The molecule has 1 aromatic carbocycles. The summed E-state index contributed by atoms with van der Waals surface area (Å²) in [4.78, 5) is 13.3. The molecule has 1 atom stereocenters. The van der Waals surface area contributed by atoms with Gasteiger partial charge < -0.3 is 4.42 Å². The van der Waals surface area contributed by atoms with E-state index >= 15 is 0 Å². The molecule has 108 valence electrons. The molecule has 2 aromatic rings. The summed E-state index contributed by atoms with van der Waals surface area (Å²) >= 11 is 0. The summed E-state index contributed by atoms with van der Waals surface area (Å²) in [7, 11) is 0. The summed E-state index contributed by atoms with van der Waals surface area (Å²) in [5, 5.41) is 1.09. The van der Waals surface area contributed by atoms with Crippen molar-refractivity contribution in [1.82, 2.24) is 10.4 Å². The Bertz CT molecular complexity index is 730. The molecule has 2 bridgehead atoms. The van der Waals surface area contributed by atoms with E-state index in [1.54, 1.807) is 6.26 Å². The first-order valence-electron chi connectivity index (χ1n) is 7.56. The molecule has 0 saturated carbocycles. The summed E-state index contributed by atoms with van der Waals surface area (Å²) < 4.78 is 5.39. The molecule has 5 heterocycles. The lowest BCUT2D eigenvalue weighted by Gasteiger charge is -2.47. The number of furan rings is 1. The lowest BCUT2D eigenvalue weighted by atomic mass is 9.81. The molecule has 6 rings (SSSR count). The minimum atomic E-state index is -0.378. The molecule has 1 N–H and O–H groups in total. The quantitative estimate of drug-likeness (QED) is 0.871. The van der Waals surface area contributed by atoms with Crippen LogP contribution in [0.3, 0.4) is 0 Å². The molecule has 21 heavy (non-hydrogen) atoms. The number of fused-ring (bicyclic) bond motifs is 3. The second kappa shape index (κ2) is 4.08. The zero-order chi connectivity index (χ0) is 13.9. The molecule has 4 aliphatic rings. The Hall–Kier alpha value is -1.85. The third-order valence-corrected chi connectivity index (χ3v) is 5.03. The highest BCUT2D eigenvalue weighted by Gasteiger charge is 2.51. The Labute approximate surface area is 122 Å². The molecule has 0 aliphatic carbocycles. The van der Waals surface area contributed by atoms with E-state index < -0.39 is 0 Å². The number of hydrogen-bond donors (Lipinski definition) is 1. The maximum atomic E-state index is 5.96. The van der Waals surface area contributed by atoms with Crippen LogP contribution in [0.4, 0.5) is 0 Å². The molecule has 1 spiro atoms. The number of rotatable bonds is 1. The average Bonchev–Trinajstić information content (AvgIpc) is 3.15. The molecule has 4 aliphatic heterocycles. The summed E-state index contributed by atoms with van der Waals surface area (Å²) in [5.41, 5.74) is 4.64. The van der Waals surface area contributed by atoms with Crippen molar-refractivity contribution in [2.75, 3.05) is 19.6 Å². The van der Waals surface area contributed by atoms with Crippen molar-refractivity contribution in [3.8, 4) is 0 Å². The zero-order valence-electron chi connectivity index (χ0n) is 11.7. The number of aliphatic imine (C=N–C) groups is 1. The number of amidine groups is 1. The summed E-state index contributed by atoms with van der Waals surface area (Å²) in [5.74, 6) is 1.37. The van der Waals surface area contributed by atoms with Crippen molar-refractivity contribution < 1.29 is 9.25 Å². The average molecular weight is 283 g/mol. The van der Waals surface area contributed by atoms with Gasteiger partial charge in [0.1, 0.15) is 5.58 Å².